The molecule has 220 valence electrons. The van der Waals surface area contributed by atoms with Gasteiger partial charge >= 0.3 is 0 Å². The van der Waals surface area contributed by atoms with E-state index < -0.39 is 21.9 Å². The van der Waals surface area contributed by atoms with Crippen molar-refractivity contribution in [3.8, 4) is 0 Å². The van der Waals surface area contributed by atoms with E-state index in [1.807, 2.05) is 37.3 Å². The van der Waals surface area contributed by atoms with Gasteiger partial charge in [-0.3, -0.25) is 13.9 Å². The van der Waals surface area contributed by atoms with E-state index >= 15 is 0 Å². The molecule has 1 atom stereocenters. The summed E-state index contributed by atoms with van der Waals surface area (Å²) in [6.45, 7) is 2.44. The second-order valence-corrected chi connectivity index (χ2v) is 12.4. The van der Waals surface area contributed by atoms with Crippen molar-refractivity contribution in [2.24, 2.45) is 0 Å². The second kappa shape index (κ2) is 15.2. The van der Waals surface area contributed by atoms with Crippen molar-refractivity contribution in [3.63, 3.8) is 0 Å². The van der Waals surface area contributed by atoms with E-state index in [2.05, 4.69) is 5.32 Å². The highest BCUT2D eigenvalue weighted by Crippen LogP contribution is 2.31. The molecule has 11 heteroatoms. The summed E-state index contributed by atoms with van der Waals surface area (Å²) in [6, 6.07) is 18.8. The molecule has 1 unspecified atom stereocenters. The van der Waals surface area contributed by atoms with Gasteiger partial charge in [0.2, 0.25) is 21.8 Å². The third-order valence-corrected chi connectivity index (χ3v) is 8.15. The van der Waals surface area contributed by atoms with Crippen LogP contribution in [0.1, 0.15) is 37.3 Å². The molecule has 0 radical (unpaired) electrons. The first kappa shape index (κ1) is 32.4. The van der Waals surface area contributed by atoms with Gasteiger partial charge < -0.3 is 10.2 Å². The van der Waals surface area contributed by atoms with Crippen LogP contribution in [0.3, 0.4) is 0 Å². The van der Waals surface area contributed by atoms with Crippen molar-refractivity contribution in [2.75, 3.05) is 23.7 Å². The Labute approximate surface area is 251 Å². The minimum Gasteiger partial charge on any atom is -0.354 e. The van der Waals surface area contributed by atoms with Crippen LogP contribution in [0.15, 0.2) is 72.8 Å². The Bertz CT molecular complexity index is 1420. The maximum atomic E-state index is 13.8. The first-order valence-corrected chi connectivity index (χ1v) is 15.9. The average molecular weight is 623 g/mol. The van der Waals surface area contributed by atoms with Gasteiger partial charge in [0, 0.05) is 37.5 Å². The molecule has 3 rings (SSSR count). The molecule has 0 aliphatic carbocycles. The summed E-state index contributed by atoms with van der Waals surface area (Å²) >= 11 is 12.4. The largest absolute Gasteiger partial charge is 0.354 e. The highest BCUT2D eigenvalue weighted by atomic mass is 35.5. The number of amides is 2. The van der Waals surface area contributed by atoms with Crippen LogP contribution in [-0.4, -0.2) is 50.5 Å². The molecule has 0 saturated carbocycles. The molecule has 3 aromatic rings. The number of sulfonamides is 1. The van der Waals surface area contributed by atoms with Crippen molar-refractivity contribution in [2.45, 2.75) is 45.2 Å². The lowest BCUT2D eigenvalue weighted by Gasteiger charge is -2.32. The number of anilines is 1. The number of nitrogens with zero attached hydrogens (tertiary/aromatic N) is 2. The summed E-state index contributed by atoms with van der Waals surface area (Å²) in [5, 5.41) is 3.43. The Hall–Kier alpha value is -3.14. The molecule has 0 aromatic heterocycles. The fourth-order valence-electron chi connectivity index (χ4n) is 4.37. The Morgan fingerprint density at radius 1 is 0.976 bits per heavy atom. The Morgan fingerprint density at radius 2 is 1.66 bits per heavy atom. The molecule has 0 bridgehead atoms. The summed E-state index contributed by atoms with van der Waals surface area (Å²) in [5.41, 5.74) is 1.75. The van der Waals surface area contributed by atoms with E-state index in [0.29, 0.717) is 17.1 Å². The van der Waals surface area contributed by atoms with Gasteiger partial charge in [-0.25, -0.2) is 12.8 Å². The Balaban J connectivity index is 1.88. The van der Waals surface area contributed by atoms with Gasteiger partial charge in [-0.1, -0.05) is 72.6 Å². The molecule has 7 nitrogen and oxygen atoms in total. The SMILES string of the molecule is CCCNC(=O)C(Cc1ccccc1)N(Cc1ccc(F)cc1)C(=O)CCCN(c1cc(Cl)ccc1Cl)S(C)(=O)=O. The summed E-state index contributed by atoms with van der Waals surface area (Å²) < 4.78 is 40.0. The molecular formula is C30H34Cl2FN3O4S. The van der Waals surface area contributed by atoms with Crippen LogP contribution in [0.4, 0.5) is 10.1 Å². The number of hydrogen-bond acceptors (Lipinski definition) is 4. The van der Waals surface area contributed by atoms with Crippen molar-refractivity contribution >= 4 is 50.7 Å². The van der Waals surface area contributed by atoms with Gasteiger partial charge in [0.25, 0.3) is 0 Å². The molecule has 0 aliphatic heterocycles. The summed E-state index contributed by atoms with van der Waals surface area (Å²) in [7, 11) is -3.74. The standard InChI is InChI=1S/C30H34Cl2FN3O4S/c1-3-17-34-30(38)28(19-22-8-5-4-6-9-22)35(21-23-11-14-25(33)15-12-23)29(37)10-7-18-36(41(2,39)40)27-20-24(31)13-16-26(27)32/h4-6,8-9,11-16,20,28H,3,7,10,17-19,21H2,1-2H3,(H,34,38). The number of carbonyl (C=O) groups is 2. The summed E-state index contributed by atoms with van der Waals surface area (Å²) in [5.74, 6) is -1.05. The van der Waals surface area contributed by atoms with Crippen molar-refractivity contribution in [3.05, 3.63) is 99.8 Å². The number of hydrogen-bond donors (Lipinski definition) is 1. The molecule has 0 saturated heterocycles. The number of rotatable bonds is 14. The van der Waals surface area contributed by atoms with E-state index in [9.17, 15) is 22.4 Å². The van der Waals surface area contributed by atoms with Gasteiger partial charge in [-0.15, -0.1) is 0 Å². The van der Waals surface area contributed by atoms with Crippen LogP contribution >= 0.6 is 23.2 Å². The zero-order valence-corrected chi connectivity index (χ0v) is 25.4. The van der Waals surface area contributed by atoms with E-state index in [1.165, 1.54) is 29.2 Å². The fraction of sp³-hybridized carbons (Fsp3) is 0.333. The monoisotopic (exact) mass is 621 g/mol. The van der Waals surface area contributed by atoms with Crippen molar-refractivity contribution in [1.82, 2.24) is 10.2 Å². The molecule has 0 aliphatic rings. The third kappa shape index (κ3) is 9.73. The predicted molar refractivity (Wildman–Crippen MR) is 162 cm³/mol. The minimum atomic E-state index is -3.74. The van der Waals surface area contributed by atoms with E-state index in [0.717, 1.165) is 22.5 Å². The zero-order valence-electron chi connectivity index (χ0n) is 23.0. The Kier molecular flexibility index (Phi) is 12.0. The topological polar surface area (TPSA) is 86.8 Å². The molecule has 41 heavy (non-hydrogen) atoms. The van der Waals surface area contributed by atoms with Crippen LogP contribution in [0.5, 0.6) is 0 Å². The quantitative estimate of drug-likeness (QED) is 0.245. The summed E-state index contributed by atoms with van der Waals surface area (Å²) in [4.78, 5) is 28.6. The van der Waals surface area contributed by atoms with E-state index in [4.69, 9.17) is 23.2 Å². The van der Waals surface area contributed by atoms with E-state index in [-0.39, 0.29) is 54.9 Å². The van der Waals surface area contributed by atoms with Gasteiger partial charge in [-0.05, 0) is 54.3 Å². The van der Waals surface area contributed by atoms with Crippen LogP contribution in [-0.2, 0) is 32.6 Å². The van der Waals surface area contributed by atoms with E-state index in [1.54, 1.807) is 18.2 Å². The van der Waals surface area contributed by atoms with Gasteiger partial charge in [0.05, 0.1) is 17.0 Å². The molecule has 0 heterocycles. The van der Waals surface area contributed by atoms with Gasteiger partial charge in [0.1, 0.15) is 11.9 Å². The zero-order chi connectivity index (χ0) is 30.0. The maximum Gasteiger partial charge on any atom is 0.243 e. The molecule has 3 aromatic carbocycles. The number of benzene rings is 3. The lowest BCUT2D eigenvalue weighted by atomic mass is 10.0. The maximum absolute atomic E-state index is 13.8. The normalized spacial score (nSPS) is 12.0. The smallest absolute Gasteiger partial charge is 0.243 e. The van der Waals surface area contributed by atoms with Gasteiger partial charge in [-0.2, -0.15) is 0 Å². The first-order valence-electron chi connectivity index (χ1n) is 13.3. The third-order valence-electron chi connectivity index (χ3n) is 6.42. The number of halogens is 3. The molecule has 0 fully saturated rings. The Morgan fingerprint density at radius 3 is 2.29 bits per heavy atom. The van der Waals surface area contributed by atoms with Crippen LogP contribution in [0.2, 0.25) is 10.0 Å². The average Bonchev–Trinajstić information content (AvgIpc) is 2.94. The highest BCUT2D eigenvalue weighted by molar-refractivity contribution is 7.92. The molecule has 1 N–H and O–H groups in total. The molecule has 2 amide bonds. The summed E-state index contributed by atoms with van der Waals surface area (Å²) in [6.07, 6.45) is 2.17. The first-order chi connectivity index (χ1) is 19.5. The molecule has 0 spiro atoms. The predicted octanol–water partition coefficient (Wildman–Crippen LogP) is 5.85. The lowest BCUT2D eigenvalue weighted by molar-refractivity contribution is -0.141. The number of nitrogens with one attached hydrogen (secondary N) is 1. The van der Waals surface area contributed by atoms with Crippen LogP contribution in [0, 0.1) is 5.82 Å². The van der Waals surface area contributed by atoms with Crippen LogP contribution in [0.25, 0.3) is 0 Å². The van der Waals surface area contributed by atoms with Gasteiger partial charge in [0.15, 0.2) is 0 Å². The fourth-order valence-corrected chi connectivity index (χ4v) is 5.77. The minimum absolute atomic E-state index is 0.0274. The number of carbonyl (C=O) groups excluding carboxylic acids is 2. The highest BCUT2D eigenvalue weighted by Gasteiger charge is 2.30. The van der Waals surface area contributed by atoms with Crippen molar-refractivity contribution in [1.29, 1.82) is 0 Å². The molecular weight excluding hydrogens is 588 g/mol. The second-order valence-electron chi connectivity index (χ2n) is 9.68. The lowest BCUT2D eigenvalue weighted by Crippen LogP contribution is -2.50. The van der Waals surface area contributed by atoms with Crippen molar-refractivity contribution < 1.29 is 22.4 Å². The van der Waals surface area contributed by atoms with Crippen LogP contribution < -0.4 is 9.62 Å².